The molecular weight excluding hydrogens is 492 g/mol. The van der Waals surface area contributed by atoms with E-state index >= 15 is 0 Å². The average Bonchev–Trinajstić information content (AvgIpc) is 3.37. The molecule has 5 heterocycles. The molecule has 7 rings (SSSR count). The fraction of sp³-hybridized carbons (Fsp3) is 0.500. The highest BCUT2D eigenvalue weighted by Crippen LogP contribution is 2.33. The van der Waals surface area contributed by atoms with Crippen molar-refractivity contribution in [2.75, 3.05) is 24.3 Å². The lowest BCUT2D eigenvalue weighted by Crippen LogP contribution is -2.14. The molecule has 0 aromatic carbocycles. The lowest BCUT2D eigenvalue weighted by atomic mass is 10.1. The molecule has 38 heavy (non-hydrogen) atoms. The molecule has 6 N–H and O–H groups in total. The second-order valence-corrected chi connectivity index (χ2v) is 9.83. The molecule has 3 unspecified atom stereocenters. The number of aliphatic hydroxyl groups excluding tert-OH is 2. The Morgan fingerprint density at radius 2 is 1.82 bits per heavy atom. The number of nitrogen functional groups attached to an aromatic ring is 1. The smallest absolute Gasteiger partial charge is 0.278 e. The number of H-pyrrole nitrogens is 1. The van der Waals surface area contributed by atoms with Crippen molar-refractivity contribution in [2.45, 2.75) is 56.5 Å². The van der Waals surface area contributed by atoms with Gasteiger partial charge in [-0.2, -0.15) is 9.97 Å². The highest BCUT2D eigenvalue weighted by molar-refractivity contribution is 5.84. The van der Waals surface area contributed by atoms with Crippen molar-refractivity contribution in [2.24, 2.45) is 5.92 Å². The summed E-state index contributed by atoms with van der Waals surface area (Å²) in [4.78, 5) is 35.2. The van der Waals surface area contributed by atoms with Crippen LogP contribution in [0.25, 0.3) is 22.3 Å². The monoisotopic (exact) mass is 522 g/mol. The van der Waals surface area contributed by atoms with Crippen molar-refractivity contribution in [3.8, 4) is 0 Å². The second kappa shape index (κ2) is 10.1. The largest absolute Gasteiger partial charge is 0.396 e. The van der Waals surface area contributed by atoms with Gasteiger partial charge in [0.1, 0.15) is 6.23 Å². The minimum absolute atomic E-state index is 0.0111. The van der Waals surface area contributed by atoms with Crippen LogP contribution in [0, 0.1) is 5.92 Å². The molecule has 0 radical (unpaired) electrons. The number of nitrogens with two attached hydrogens (primary N) is 1. The summed E-state index contributed by atoms with van der Waals surface area (Å²) in [7, 11) is 0. The van der Waals surface area contributed by atoms with Crippen LogP contribution < -0.4 is 16.6 Å². The molecule has 2 fully saturated rings. The lowest BCUT2D eigenvalue weighted by Gasteiger charge is -2.13. The number of hydrogen-bond donors (Lipinski definition) is 5. The molecule has 200 valence electrons. The van der Waals surface area contributed by atoms with E-state index in [0.717, 1.165) is 49.1 Å². The van der Waals surface area contributed by atoms with Gasteiger partial charge >= 0.3 is 0 Å². The topological polar surface area (TPSA) is 195 Å². The fourth-order valence-electron chi connectivity index (χ4n) is 4.89. The summed E-state index contributed by atoms with van der Waals surface area (Å²) < 4.78 is 9.37. The number of anilines is 2. The molecule has 2 aliphatic carbocycles. The SMILES string of the molecule is Nc1nc(NC2CC2)c2ncn(C3C=C[C@@H](CO)C3)c2n1.O=c1[nH]cnc2c1ncn2C1CCC(CO)O1. The maximum atomic E-state index is 11.5. The van der Waals surface area contributed by atoms with E-state index in [4.69, 9.17) is 15.6 Å². The van der Waals surface area contributed by atoms with Gasteiger partial charge in [0.05, 0.1) is 37.7 Å². The van der Waals surface area contributed by atoms with E-state index in [1.54, 1.807) is 17.2 Å². The molecule has 0 spiro atoms. The molecule has 1 aliphatic heterocycles. The Labute approximate surface area is 216 Å². The molecule has 0 amide bonds. The summed E-state index contributed by atoms with van der Waals surface area (Å²) >= 11 is 0. The standard InChI is InChI=1S/C14H18N6O.C10H12N4O3/c15-14-18-12(17-9-2-3-9)11-13(19-14)20(7-16-11)10-4-1-8(5-10)6-21;15-3-6-1-2-7(17-6)14-5-13-8-9(14)11-4-12-10(8)16/h1,4,7-10,21H,2-3,5-6H2,(H3,15,17,18,19);4-7,15H,1-3H2,(H,11,12,16)/t8-,10?;/m1./s1. The molecular formula is C24H30N10O4. The average molecular weight is 523 g/mol. The first kappa shape index (κ1) is 24.5. The second-order valence-electron chi connectivity index (χ2n) is 9.83. The number of nitrogens with zero attached hydrogens (tertiary/aromatic N) is 7. The molecule has 1 saturated carbocycles. The highest BCUT2D eigenvalue weighted by Gasteiger charge is 2.28. The zero-order valence-electron chi connectivity index (χ0n) is 20.6. The van der Waals surface area contributed by atoms with Crippen LogP contribution in [-0.4, -0.2) is 74.6 Å². The predicted octanol–water partition coefficient (Wildman–Crippen LogP) is 0.882. The third kappa shape index (κ3) is 4.73. The van der Waals surface area contributed by atoms with Crippen LogP contribution >= 0.6 is 0 Å². The predicted molar refractivity (Wildman–Crippen MR) is 138 cm³/mol. The number of fused-ring (bicyclic) bond motifs is 2. The van der Waals surface area contributed by atoms with Crippen molar-refractivity contribution in [3.05, 3.63) is 41.5 Å². The number of allylic oxidation sites excluding steroid dienone is 1. The minimum Gasteiger partial charge on any atom is -0.396 e. The summed E-state index contributed by atoms with van der Waals surface area (Å²) in [6.45, 7) is 0.183. The lowest BCUT2D eigenvalue weighted by molar-refractivity contribution is -0.0207. The number of imidazole rings is 2. The van der Waals surface area contributed by atoms with E-state index in [2.05, 4.69) is 41.3 Å². The third-order valence-electron chi connectivity index (χ3n) is 7.06. The number of hydrogen-bond acceptors (Lipinski definition) is 11. The van der Waals surface area contributed by atoms with Gasteiger partial charge in [-0.15, -0.1) is 0 Å². The van der Waals surface area contributed by atoms with Gasteiger partial charge in [0, 0.05) is 18.6 Å². The zero-order valence-corrected chi connectivity index (χ0v) is 20.6. The van der Waals surface area contributed by atoms with E-state index in [-0.39, 0.29) is 49.0 Å². The van der Waals surface area contributed by atoms with Gasteiger partial charge in [-0.25, -0.2) is 15.0 Å². The summed E-state index contributed by atoms with van der Waals surface area (Å²) in [5.74, 6) is 1.18. The van der Waals surface area contributed by atoms with E-state index in [1.165, 1.54) is 6.33 Å². The minimum atomic E-state index is -0.259. The molecule has 1 saturated heterocycles. The third-order valence-corrected chi connectivity index (χ3v) is 7.06. The Balaban J connectivity index is 0.000000142. The Kier molecular flexibility index (Phi) is 6.51. The summed E-state index contributed by atoms with van der Waals surface area (Å²) in [5, 5.41) is 21.6. The maximum Gasteiger partial charge on any atom is 0.278 e. The molecule has 4 aromatic rings. The van der Waals surface area contributed by atoms with Crippen molar-refractivity contribution < 1.29 is 14.9 Å². The van der Waals surface area contributed by atoms with Crippen LogP contribution in [0.4, 0.5) is 11.8 Å². The van der Waals surface area contributed by atoms with Gasteiger partial charge in [-0.1, -0.05) is 12.2 Å². The summed E-state index contributed by atoms with van der Waals surface area (Å²) in [5.41, 5.74) is 7.91. The van der Waals surface area contributed by atoms with Gasteiger partial charge < -0.3 is 35.6 Å². The Morgan fingerprint density at radius 3 is 2.55 bits per heavy atom. The Morgan fingerprint density at radius 1 is 1.00 bits per heavy atom. The van der Waals surface area contributed by atoms with Gasteiger partial charge in [-0.05, 0) is 32.1 Å². The summed E-state index contributed by atoms with van der Waals surface area (Å²) in [6, 6.07) is 0.646. The maximum absolute atomic E-state index is 11.5. The van der Waals surface area contributed by atoms with E-state index in [9.17, 15) is 9.90 Å². The van der Waals surface area contributed by atoms with Crippen molar-refractivity contribution in [1.29, 1.82) is 0 Å². The molecule has 3 aliphatic rings. The van der Waals surface area contributed by atoms with Crippen LogP contribution in [0.2, 0.25) is 0 Å². The van der Waals surface area contributed by atoms with E-state index in [1.807, 2.05) is 10.6 Å². The van der Waals surface area contributed by atoms with E-state index in [0.29, 0.717) is 17.2 Å². The van der Waals surface area contributed by atoms with Crippen molar-refractivity contribution >= 4 is 34.1 Å². The van der Waals surface area contributed by atoms with Gasteiger partial charge in [-0.3, -0.25) is 9.36 Å². The van der Waals surface area contributed by atoms with Gasteiger partial charge in [0.2, 0.25) is 5.95 Å². The molecule has 0 bridgehead atoms. The van der Waals surface area contributed by atoms with Crippen LogP contribution in [0.3, 0.4) is 0 Å². The first-order chi connectivity index (χ1) is 18.5. The highest BCUT2D eigenvalue weighted by atomic mass is 16.5. The Bertz CT molecular complexity index is 1520. The number of nitrogens with one attached hydrogen (secondary N) is 2. The number of aromatic amines is 1. The molecule has 14 nitrogen and oxygen atoms in total. The zero-order chi connectivity index (χ0) is 26.2. The first-order valence-corrected chi connectivity index (χ1v) is 12.8. The van der Waals surface area contributed by atoms with Gasteiger partial charge in [0.25, 0.3) is 5.56 Å². The quantitative estimate of drug-likeness (QED) is 0.226. The first-order valence-electron chi connectivity index (χ1n) is 12.8. The van der Waals surface area contributed by atoms with E-state index < -0.39 is 0 Å². The molecule has 14 heteroatoms. The Hall–Kier alpha value is -3.88. The number of aromatic nitrogens is 8. The number of rotatable bonds is 6. The number of ether oxygens (including phenoxy) is 1. The van der Waals surface area contributed by atoms with Crippen molar-refractivity contribution in [1.82, 2.24) is 39.0 Å². The van der Waals surface area contributed by atoms with Crippen LogP contribution in [0.1, 0.15) is 44.4 Å². The van der Waals surface area contributed by atoms with Crippen LogP contribution in [0.15, 0.2) is 35.9 Å². The summed E-state index contributed by atoms with van der Waals surface area (Å²) in [6.07, 6.45) is 13.2. The molecule has 4 atom stereocenters. The van der Waals surface area contributed by atoms with Crippen LogP contribution in [0.5, 0.6) is 0 Å². The normalized spacial score (nSPS) is 24.7. The fourth-order valence-corrected chi connectivity index (χ4v) is 4.89. The number of aliphatic hydroxyl groups is 2. The molecule has 4 aromatic heterocycles. The van der Waals surface area contributed by atoms with Gasteiger partial charge in [0.15, 0.2) is 28.1 Å². The van der Waals surface area contributed by atoms with Crippen LogP contribution in [-0.2, 0) is 4.74 Å². The van der Waals surface area contributed by atoms with Crippen molar-refractivity contribution in [3.63, 3.8) is 0 Å².